The van der Waals surface area contributed by atoms with Crippen LogP contribution in [0.5, 0.6) is 0 Å². The molecule has 1 atom stereocenters. The Kier molecular flexibility index (Phi) is 5.68. The highest BCUT2D eigenvalue weighted by molar-refractivity contribution is 6.35. The Morgan fingerprint density at radius 2 is 2.00 bits per heavy atom. The van der Waals surface area contributed by atoms with E-state index in [0.29, 0.717) is 32.0 Å². The number of benzene rings is 1. The Labute approximate surface area is 186 Å². The van der Waals surface area contributed by atoms with E-state index < -0.39 is 17.4 Å². The SMILES string of the molecule is CC(Nc1nc(N)nc(N)c1C#N)c1nc2c(Cl)cc(F)cc2c(=O)n1N1CCNCC1. The zero-order valence-corrected chi connectivity index (χ0v) is 17.8. The largest absolute Gasteiger partial charge is 0.382 e. The molecule has 13 heteroatoms. The number of fused-ring (bicyclic) bond motifs is 1. The Bertz CT molecular complexity index is 1300. The molecule has 0 saturated carbocycles. The lowest BCUT2D eigenvalue weighted by atomic mass is 10.2. The maximum atomic E-state index is 14.0. The number of piperazine rings is 1. The highest BCUT2D eigenvalue weighted by atomic mass is 35.5. The summed E-state index contributed by atoms with van der Waals surface area (Å²) in [6.45, 7) is 4.12. The van der Waals surface area contributed by atoms with Gasteiger partial charge in [-0.2, -0.15) is 15.2 Å². The van der Waals surface area contributed by atoms with Gasteiger partial charge in [-0.15, -0.1) is 0 Å². The zero-order chi connectivity index (χ0) is 23.0. The van der Waals surface area contributed by atoms with Gasteiger partial charge in [0.05, 0.1) is 22.0 Å². The summed E-state index contributed by atoms with van der Waals surface area (Å²) in [5.74, 6) is -0.397. The Morgan fingerprint density at radius 3 is 2.69 bits per heavy atom. The van der Waals surface area contributed by atoms with Crippen molar-refractivity contribution in [3.8, 4) is 6.07 Å². The third kappa shape index (κ3) is 3.83. The van der Waals surface area contributed by atoms with Crippen molar-refractivity contribution in [1.82, 2.24) is 24.9 Å². The van der Waals surface area contributed by atoms with Crippen molar-refractivity contribution < 1.29 is 4.39 Å². The minimum atomic E-state index is -0.635. The van der Waals surface area contributed by atoms with E-state index >= 15 is 0 Å². The molecule has 6 N–H and O–H groups in total. The summed E-state index contributed by atoms with van der Waals surface area (Å²) in [7, 11) is 0. The normalized spacial score (nSPS) is 14.9. The van der Waals surface area contributed by atoms with Crippen LogP contribution in [0.1, 0.15) is 24.4 Å². The van der Waals surface area contributed by atoms with E-state index in [-0.39, 0.29) is 39.1 Å². The quantitative estimate of drug-likeness (QED) is 0.438. The van der Waals surface area contributed by atoms with Crippen LogP contribution in [0.3, 0.4) is 0 Å². The molecule has 1 aliphatic heterocycles. The lowest BCUT2D eigenvalue weighted by Gasteiger charge is -2.33. The average molecular weight is 459 g/mol. The summed E-state index contributed by atoms with van der Waals surface area (Å²) in [6.07, 6.45) is 0. The van der Waals surface area contributed by atoms with E-state index in [1.165, 1.54) is 4.68 Å². The van der Waals surface area contributed by atoms with E-state index in [2.05, 4.69) is 25.6 Å². The first-order valence-corrected chi connectivity index (χ1v) is 10.1. The summed E-state index contributed by atoms with van der Waals surface area (Å²) in [4.78, 5) is 25.9. The number of nitrogens with one attached hydrogen (secondary N) is 2. The third-order valence-corrected chi connectivity index (χ3v) is 5.37. The molecule has 1 fully saturated rings. The summed E-state index contributed by atoms with van der Waals surface area (Å²) >= 11 is 6.21. The van der Waals surface area contributed by atoms with Crippen LogP contribution in [0.25, 0.3) is 10.9 Å². The monoisotopic (exact) mass is 458 g/mol. The lowest BCUT2D eigenvalue weighted by Crippen LogP contribution is -2.54. The molecule has 1 aromatic carbocycles. The van der Waals surface area contributed by atoms with Gasteiger partial charge in [-0.05, 0) is 19.1 Å². The van der Waals surface area contributed by atoms with E-state index in [4.69, 9.17) is 23.1 Å². The molecule has 0 amide bonds. The van der Waals surface area contributed by atoms with Gasteiger partial charge in [-0.1, -0.05) is 11.6 Å². The highest BCUT2D eigenvalue weighted by Gasteiger charge is 2.25. The van der Waals surface area contributed by atoms with Crippen molar-refractivity contribution in [2.24, 2.45) is 0 Å². The third-order valence-electron chi connectivity index (χ3n) is 5.08. The Balaban J connectivity index is 1.89. The van der Waals surface area contributed by atoms with Crippen LogP contribution in [-0.4, -0.2) is 45.8 Å². The Morgan fingerprint density at radius 1 is 1.28 bits per heavy atom. The number of nitrogens with zero attached hydrogens (tertiary/aromatic N) is 6. The van der Waals surface area contributed by atoms with Gasteiger partial charge >= 0.3 is 0 Å². The molecule has 0 bridgehead atoms. The second-order valence-corrected chi connectivity index (χ2v) is 7.65. The summed E-state index contributed by atoms with van der Waals surface area (Å²) in [6, 6.07) is 3.53. The topological polar surface area (TPSA) is 164 Å². The van der Waals surface area contributed by atoms with E-state index in [9.17, 15) is 14.4 Å². The van der Waals surface area contributed by atoms with Crippen molar-refractivity contribution in [1.29, 1.82) is 5.26 Å². The first-order valence-electron chi connectivity index (χ1n) is 9.77. The number of nitriles is 1. The van der Waals surface area contributed by atoms with Crippen molar-refractivity contribution in [3.05, 3.63) is 44.7 Å². The van der Waals surface area contributed by atoms with Gasteiger partial charge in [-0.3, -0.25) is 4.79 Å². The second-order valence-electron chi connectivity index (χ2n) is 7.24. The van der Waals surface area contributed by atoms with Gasteiger partial charge in [0, 0.05) is 26.2 Å². The fourth-order valence-corrected chi connectivity index (χ4v) is 3.86. The molecule has 1 aliphatic rings. The van der Waals surface area contributed by atoms with Gasteiger partial charge < -0.3 is 27.1 Å². The van der Waals surface area contributed by atoms with Crippen molar-refractivity contribution >= 4 is 40.1 Å². The highest BCUT2D eigenvalue weighted by Crippen LogP contribution is 2.26. The van der Waals surface area contributed by atoms with Gasteiger partial charge in [-0.25, -0.2) is 14.1 Å². The molecule has 32 heavy (non-hydrogen) atoms. The van der Waals surface area contributed by atoms with Crippen LogP contribution in [0.2, 0.25) is 5.02 Å². The molecule has 0 aliphatic carbocycles. The van der Waals surface area contributed by atoms with Gasteiger partial charge in [0.1, 0.15) is 23.3 Å². The molecule has 0 radical (unpaired) electrons. The van der Waals surface area contributed by atoms with Gasteiger partial charge in [0.2, 0.25) is 5.95 Å². The summed E-state index contributed by atoms with van der Waals surface area (Å²) in [5, 5.41) is 17.6. The van der Waals surface area contributed by atoms with E-state index in [1.54, 1.807) is 6.92 Å². The smallest absolute Gasteiger partial charge is 0.280 e. The molecular formula is C19H20ClFN10O. The first-order chi connectivity index (χ1) is 15.3. The predicted molar refractivity (Wildman–Crippen MR) is 119 cm³/mol. The number of aromatic nitrogens is 4. The predicted octanol–water partition coefficient (Wildman–Crippen LogP) is 0.729. The first kappa shape index (κ1) is 21.5. The maximum Gasteiger partial charge on any atom is 0.280 e. The van der Waals surface area contributed by atoms with Gasteiger partial charge in [0.25, 0.3) is 5.56 Å². The number of halogens is 2. The maximum absolute atomic E-state index is 14.0. The van der Waals surface area contributed by atoms with Crippen LogP contribution in [0.15, 0.2) is 16.9 Å². The molecule has 1 unspecified atom stereocenters. The Hall–Kier alpha value is -3.69. The van der Waals surface area contributed by atoms with E-state index in [1.807, 2.05) is 11.1 Å². The van der Waals surface area contributed by atoms with Crippen molar-refractivity contribution in [2.45, 2.75) is 13.0 Å². The molecule has 4 rings (SSSR count). The minimum absolute atomic E-state index is 0.0167. The minimum Gasteiger partial charge on any atom is -0.382 e. The van der Waals surface area contributed by atoms with Crippen LogP contribution in [0.4, 0.5) is 22.0 Å². The van der Waals surface area contributed by atoms with E-state index in [0.717, 1.165) is 12.1 Å². The second kappa shape index (κ2) is 8.45. The number of anilines is 3. The molecule has 1 saturated heterocycles. The molecule has 3 aromatic rings. The number of hydrogen-bond acceptors (Lipinski definition) is 10. The zero-order valence-electron chi connectivity index (χ0n) is 17.1. The van der Waals surface area contributed by atoms with Crippen molar-refractivity contribution in [2.75, 3.05) is 48.0 Å². The molecule has 3 heterocycles. The molecular weight excluding hydrogens is 439 g/mol. The number of hydrogen-bond donors (Lipinski definition) is 4. The fourth-order valence-electron chi connectivity index (χ4n) is 3.61. The average Bonchev–Trinajstić information content (AvgIpc) is 2.74. The fraction of sp³-hybridized carbons (Fsp3) is 0.316. The van der Waals surface area contributed by atoms with Crippen LogP contribution in [-0.2, 0) is 0 Å². The number of nitrogen functional groups attached to an aromatic ring is 2. The molecule has 166 valence electrons. The number of rotatable bonds is 4. The van der Waals surface area contributed by atoms with Crippen LogP contribution in [0, 0.1) is 17.1 Å². The summed E-state index contributed by atoms with van der Waals surface area (Å²) in [5.41, 5.74) is 11.2. The van der Waals surface area contributed by atoms with Crippen molar-refractivity contribution in [3.63, 3.8) is 0 Å². The number of nitrogens with two attached hydrogens (primary N) is 2. The standard InChI is InChI=1S/C19H20ClFN10O/c1-9(26-16-12(8-22)15(23)28-19(24)29-16)17-27-14-11(6-10(21)7-13(14)20)18(32)31(17)30-4-2-25-3-5-30/h6-7,9,25H,2-5H2,1H3,(H5,23,24,26,28,29). The summed E-state index contributed by atoms with van der Waals surface area (Å²) < 4.78 is 15.4. The lowest BCUT2D eigenvalue weighted by molar-refractivity contribution is 0.461. The molecule has 0 spiro atoms. The molecule has 11 nitrogen and oxygen atoms in total. The van der Waals surface area contributed by atoms with Crippen LogP contribution >= 0.6 is 11.6 Å². The molecule has 2 aromatic heterocycles. The van der Waals surface area contributed by atoms with Crippen LogP contribution < -0.4 is 32.7 Å². The van der Waals surface area contributed by atoms with Gasteiger partial charge in [0.15, 0.2) is 11.6 Å².